The van der Waals surface area contributed by atoms with Crippen molar-refractivity contribution in [2.75, 3.05) is 6.54 Å². The molecule has 2 nitrogen and oxygen atoms in total. The molecular weight excluding hydrogens is 150 g/mol. The molecule has 1 atom stereocenters. The van der Waals surface area contributed by atoms with Crippen LogP contribution in [0.25, 0.3) is 0 Å². The Bertz CT molecular complexity index is 200. The summed E-state index contributed by atoms with van der Waals surface area (Å²) in [7, 11) is 0. The fourth-order valence-electron chi connectivity index (χ4n) is 1.74. The number of rotatable bonds is 2. The van der Waals surface area contributed by atoms with E-state index in [-0.39, 0.29) is 6.04 Å². The molecule has 0 bridgehead atoms. The Morgan fingerprint density at radius 3 is 2.83 bits per heavy atom. The molecule has 2 rings (SSSR count). The van der Waals surface area contributed by atoms with Crippen LogP contribution in [0.3, 0.4) is 0 Å². The Hall–Kier alpha value is -0.500. The smallest absolute Gasteiger partial charge is 0.106 e. The number of aliphatic hydroxyl groups excluding tert-OH is 1. The maximum Gasteiger partial charge on any atom is 0.106 e. The van der Waals surface area contributed by atoms with E-state index in [9.17, 15) is 5.11 Å². The molecule has 1 heterocycles. The van der Waals surface area contributed by atoms with Crippen molar-refractivity contribution in [3.8, 4) is 0 Å². The summed E-state index contributed by atoms with van der Waals surface area (Å²) in [6, 6.07) is 0.252. The summed E-state index contributed by atoms with van der Waals surface area (Å²) in [5.41, 5.74) is 0.328. The molecule has 2 heteroatoms. The number of nitrogens with one attached hydrogen (secondary N) is 1. The molecule has 0 unspecified atom stereocenters. The van der Waals surface area contributed by atoms with Gasteiger partial charge in [-0.05, 0) is 43.7 Å². The van der Waals surface area contributed by atoms with Gasteiger partial charge in [-0.2, -0.15) is 0 Å². The van der Waals surface area contributed by atoms with Crippen LogP contribution in [0.15, 0.2) is 11.8 Å². The van der Waals surface area contributed by atoms with Gasteiger partial charge in [-0.15, -0.1) is 0 Å². The van der Waals surface area contributed by atoms with E-state index in [1.807, 2.05) is 0 Å². The molecule has 1 saturated heterocycles. The molecule has 0 amide bonds. The molecule has 0 radical (unpaired) electrons. The molecule has 12 heavy (non-hydrogen) atoms. The van der Waals surface area contributed by atoms with Gasteiger partial charge in [-0.3, -0.25) is 0 Å². The third-order valence-corrected chi connectivity index (χ3v) is 2.95. The van der Waals surface area contributed by atoms with E-state index < -0.39 is 0 Å². The van der Waals surface area contributed by atoms with Crippen molar-refractivity contribution in [1.82, 2.24) is 5.32 Å². The maximum absolute atomic E-state index is 9.72. The first-order valence-electron chi connectivity index (χ1n) is 4.85. The second-order valence-electron chi connectivity index (χ2n) is 4.37. The van der Waals surface area contributed by atoms with Gasteiger partial charge in [-0.25, -0.2) is 0 Å². The average molecular weight is 167 g/mol. The summed E-state index contributed by atoms with van der Waals surface area (Å²) in [6.07, 6.45) is 6.82. The Morgan fingerprint density at radius 1 is 1.58 bits per heavy atom. The second-order valence-corrected chi connectivity index (χ2v) is 4.37. The molecule has 1 aliphatic heterocycles. The first-order chi connectivity index (χ1) is 5.70. The fourth-order valence-corrected chi connectivity index (χ4v) is 1.74. The molecular formula is C10H17NO. The summed E-state index contributed by atoms with van der Waals surface area (Å²) in [6.45, 7) is 3.26. The monoisotopic (exact) mass is 167 g/mol. The van der Waals surface area contributed by atoms with Gasteiger partial charge in [0.25, 0.3) is 0 Å². The van der Waals surface area contributed by atoms with Gasteiger partial charge < -0.3 is 10.4 Å². The third-order valence-electron chi connectivity index (χ3n) is 2.95. The van der Waals surface area contributed by atoms with Crippen molar-refractivity contribution in [2.45, 2.75) is 38.6 Å². The number of hydrogen-bond donors (Lipinski definition) is 2. The van der Waals surface area contributed by atoms with E-state index in [1.54, 1.807) is 0 Å². The molecule has 0 aromatic heterocycles. The van der Waals surface area contributed by atoms with Crippen molar-refractivity contribution in [3.05, 3.63) is 11.8 Å². The molecule has 0 aromatic carbocycles. The predicted octanol–water partition coefficient (Wildman–Crippen LogP) is 1.98. The highest BCUT2D eigenvalue weighted by molar-refractivity contribution is 5.14. The van der Waals surface area contributed by atoms with Gasteiger partial charge in [0.05, 0.1) is 6.04 Å². The highest BCUT2D eigenvalue weighted by Crippen LogP contribution is 2.47. The van der Waals surface area contributed by atoms with Crippen molar-refractivity contribution < 1.29 is 5.11 Å². The molecule has 2 aliphatic rings. The van der Waals surface area contributed by atoms with Gasteiger partial charge in [0, 0.05) is 0 Å². The van der Waals surface area contributed by atoms with Crippen LogP contribution in [-0.2, 0) is 0 Å². The van der Waals surface area contributed by atoms with E-state index in [4.69, 9.17) is 0 Å². The highest BCUT2D eigenvalue weighted by Gasteiger charge is 2.36. The minimum absolute atomic E-state index is 0.252. The van der Waals surface area contributed by atoms with Crippen molar-refractivity contribution in [2.24, 2.45) is 5.41 Å². The van der Waals surface area contributed by atoms with E-state index in [0.717, 1.165) is 13.0 Å². The molecule has 1 aliphatic carbocycles. The molecule has 0 spiro atoms. The lowest BCUT2D eigenvalue weighted by Gasteiger charge is -2.10. The predicted molar refractivity (Wildman–Crippen MR) is 49.1 cm³/mol. The van der Waals surface area contributed by atoms with E-state index in [1.165, 1.54) is 19.3 Å². The minimum atomic E-state index is 0.252. The average Bonchev–Trinajstić information content (AvgIpc) is 2.55. The van der Waals surface area contributed by atoms with Crippen molar-refractivity contribution in [3.63, 3.8) is 0 Å². The van der Waals surface area contributed by atoms with Crippen molar-refractivity contribution >= 4 is 0 Å². The lowest BCUT2D eigenvalue weighted by atomic mass is 10.1. The Kier molecular flexibility index (Phi) is 1.87. The van der Waals surface area contributed by atoms with Crippen LogP contribution in [0.4, 0.5) is 0 Å². The SMILES string of the molecule is CC1(/C=C(\O)[C@@H]2CCCN2)CC1. The summed E-state index contributed by atoms with van der Waals surface area (Å²) < 4.78 is 0. The van der Waals surface area contributed by atoms with E-state index >= 15 is 0 Å². The van der Waals surface area contributed by atoms with Crippen LogP contribution < -0.4 is 5.32 Å². The lowest BCUT2D eigenvalue weighted by Crippen LogP contribution is -2.23. The van der Waals surface area contributed by atoms with E-state index in [0.29, 0.717) is 11.2 Å². The maximum atomic E-state index is 9.72. The summed E-state index contributed by atoms with van der Waals surface area (Å²) in [4.78, 5) is 0. The van der Waals surface area contributed by atoms with Crippen LogP contribution >= 0.6 is 0 Å². The lowest BCUT2D eigenvalue weighted by molar-refractivity contribution is 0.347. The molecule has 2 fully saturated rings. The first kappa shape index (κ1) is 8.11. The minimum Gasteiger partial charge on any atom is -0.511 e. The number of aliphatic hydroxyl groups is 1. The number of hydrogen-bond acceptors (Lipinski definition) is 2. The Balaban J connectivity index is 1.97. The van der Waals surface area contributed by atoms with Gasteiger partial charge >= 0.3 is 0 Å². The van der Waals surface area contributed by atoms with Crippen LogP contribution in [0.5, 0.6) is 0 Å². The molecule has 2 N–H and O–H groups in total. The zero-order valence-electron chi connectivity index (χ0n) is 7.64. The van der Waals surface area contributed by atoms with Crippen LogP contribution in [-0.4, -0.2) is 17.7 Å². The van der Waals surface area contributed by atoms with Crippen molar-refractivity contribution in [1.29, 1.82) is 0 Å². The fraction of sp³-hybridized carbons (Fsp3) is 0.800. The topological polar surface area (TPSA) is 32.3 Å². The third kappa shape index (κ3) is 1.63. The normalized spacial score (nSPS) is 33.8. The van der Waals surface area contributed by atoms with Crippen LogP contribution in [0.2, 0.25) is 0 Å². The second kappa shape index (κ2) is 2.77. The molecule has 1 saturated carbocycles. The Labute approximate surface area is 73.7 Å². The van der Waals surface area contributed by atoms with Crippen LogP contribution in [0, 0.1) is 5.41 Å². The van der Waals surface area contributed by atoms with Gasteiger partial charge in [0.1, 0.15) is 5.76 Å². The summed E-state index contributed by atoms with van der Waals surface area (Å²) in [5.74, 6) is 0.576. The highest BCUT2D eigenvalue weighted by atomic mass is 16.3. The van der Waals surface area contributed by atoms with E-state index in [2.05, 4.69) is 18.3 Å². The first-order valence-corrected chi connectivity index (χ1v) is 4.85. The van der Waals surface area contributed by atoms with Gasteiger partial charge in [0.15, 0.2) is 0 Å². The zero-order valence-corrected chi connectivity index (χ0v) is 7.64. The number of allylic oxidation sites excluding steroid dienone is 1. The zero-order chi connectivity index (χ0) is 8.60. The summed E-state index contributed by atoms with van der Waals surface area (Å²) >= 11 is 0. The largest absolute Gasteiger partial charge is 0.511 e. The molecule has 0 aromatic rings. The Morgan fingerprint density at radius 2 is 2.33 bits per heavy atom. The summed E-state index contributed by atoms with van der Waals surface area (Å²) in [5, 5.41) is 13.0. The van der Waals surface area contributed by atoms with Crippen LogP contribution in [0.1, 0.15) is 32.6 Å². The molecule has 68 valence electrons. The van der Waals surface area contributed by atoms with Gasteiger partial charge in [0.2, 0.25) is 0 Å². The van der Waals surface area contributed by atoms with Gasteiger partial charge in [-0.1, -0.05) is 6.92 Å². The quantitative estimate of drug-likeness (QED) is 0.616. The standard InChI is InChI=1S/C10H17NO/c1-10(4-5-10)7-9(12)8-3-2-6-11-8/h7-8,11-12H,2-6H2,1H3/b9-7-/t8-/m0/s1.